The van der Waals surface area contributed by atoms with E-state index in [9.17, 15) is 8.78 Å². The van der Waals surface area contributed by atoms with E-state index in [1.165, 1.54) is 0 Å². The molecule has 0 spiro atoms. The minimum absolute atomic E-state index is 0.0772. The molecule has 1 saturated carbocycles. The first-order chi connectivity index (χ1) is 3.67. The van der Waals surface area contributed by atoms with E-state index in [2.05, 4.69) is 5.32 Å². The van der Waals surface area contributed by atoms with Gasteiger partial charge in [0, 0.05) is 18.9 Å². The van der Waals surface area contributed by atoms with Crippen LogP contribution in [0, 0.1) is 5.92 Å². The molecule has 1 rings (SSSR count). The summed E-state index contributed by atoms with van der Waals surface area (Å²) in [4.78, 5) is 0. The van der Waals surface area contributed by atoms with Crippen molar-refractivity contribution in [2.75, 3.05) is 13.6 Å². The van der Waals surface area contributed by atoms with Crippen molar-refractivity contribution in [1.82, 2.24) is 5.32 Å². The van der Waals surface area contributed by atoms with Crippen molar-refractivity contribution >= 4 is 0 Å². The number of alkyl halides is 2. The minimum Gasteiger partial charge on any atom is -0.319 e. The molecule has 0 aromatic heterocycles. The maximum absolute atomic E-state index is 11.9. The van der Waals surface area contributed by atoms with Crippen LogP contribution in [-0.2, 0) is 0 Å². The number of hydrogen-bond acceptors (Lipinski definition) is 1. The molecule has 0 radical (unpaired) electrons. The van der Waals surface area contributed by atoms with Gasteiger partial charge in [-0.1, -0.05) is 0 Å². The van der Waals surface area contributed by atoms with E-state index in [-0.39, 0.29) is 12.3 Å². The standard InChI is InChI=1S/C5H9F2N/c1-8-3-4-2-5(4,6)7/h4,8H,2-3H2,1H3. The van der Waals surface area contributed by atoms with Gasteiger partial charge >= 0.3 is 0 Å². The van der Waals surface area contributed by atoms with Crippen molar-refractivity contribution in [2.24, 2.45) is 5.92 Å². The summed E-state index contributed by atoms with van der Waals surface area (Å²) in [5, 5.41) is 2.71. The van der Waals surface area contributed by atoms with E-state index < -0.39 is 5.92 Å². The highest BCUT2D eigenvalue weighted by atomic mass is 19.3. The summed E-state index contributed by atoms with van der Waals surface area (Å²) in [7, 11) is 1.69. The van der Waals surface area contributed by atoms with Crippen LogP contribution in [0.25, 0.3) is 0 Å². The van der Waals surface area contributed by atoms with E-state index in [1.54, 1.807) is 7.05 Å². The molecule has 8 heavy (non-hydrogen) atoms. The Labute approximate surface area is 47.1 Å². The van der Waals surface area contributed by atoms with Crippen molar-refractivity contribution < 1.29 is 8.78 Å². The molecule has 48 valence electrons. The van der Waals surface area contributed by atoms with Crippen LogP contribution in [0.15, 0.2) is 0 Å². The Morgan fingerprint density at radius 3 is 2.38 bits per heavy atom. The number of nitrogens with one attached hydrogen (secondary N) is 1. The fraction of sp³-hybridized carbons (Fsp3) is 1.00. The first kappa shape index (κ1) is 5.95. The molecule has 0 amide bonds. The summed E-state index contributed by atoms with van der Waals surface area (Å²) >= 11 is 0. The lowest BCUT2D eigenvalue weighted by atomic mass is 10.4. The predicted octanol–water partition coefficient (Wildman–Crippen LogP) is 0.861. The van der Waals surface area contributed by atoms with Gasteiger partial charge in [-0.2, -0.15) is 0 Å². The lowest BCUT2D eigenvalue weighted by Gasteiger charge is -1.93. The lowest BCUT2D eigenvalue weighted by molar-refractivity contribution is 0.0991. The zero-order chi connectivity index (χ0) is 6.20. The smallest absolute Gasteiger partial charge is 0.252 e. The molecule has 1 N–H and O–H groups in total. The molecule has 0 bridgehead atoms. The van der Waals surface area contributed by atoms with E-state index in [0.717, 1.165) is 0 Å². The van der Waals surface area contributed by atoms with Crippen molar-refractivity contribution in [1.29, 1.82) is 0 Å². The second-order valence-corrected chi connectivity index (χ2v) is 2.22. The van der Waals surface area contributed by atoms with Gasteiger partial charge < -0.3 is 5.32 Å². The summed E-state index contributed by atoms with van der Waals surface area (Å²) in [5.41, 5.74) is 0. The molecular weight excluding hydrogens is 112 g/mol. The molecule has 0 saturated heterocycles. The Balaban J connectivity index is 2.17. The van der Waals surface area contributed by atoms with Crippen molar-refractivity contribution in [3.8, 4) is 0 Å². The normalized spacial score (nSPS) is 32.6. The van der Waals surface area contributed by atoms with Crippen LogP contribution in [0.3, 0.4) is 0 Å². The molecule has 0 aliphatic heterocycles. The Morgan fingerprint density at radius 2 is 2.25 bits per heavy atom. The van der Waals surface area contributed by atoms with E-state index in [0.29, 0.717) is 6.54 Å². The number of hydrogen-bond donors (Lipinski definition) is 1. The quantitative estimate of drug-likeness (QED) is 0.571. The summed E-state index contributed by atoms with van der Waals surface area (Å²) < 4.78 is 23.9. The third-order valence-corrected chi connectivity index (χ3v) is 1.41. The van der Waals surface area contributed by atoms with Crippen LogP contribution in [-0.4, -0.2) is 19.5 Å². The van der Waals surface area contributed by atoms with Crippen LogP contribution >= 0.6 is 0 Å². The first-order valence-electron chi connectivity index (χ1n) is 2.69. The maximum atomic E-state index is 11.9. The van der Waals surface area contributed by atoms with Crippen LogP contribution in [0.1, 0.15) is 6.42 Å². The van der Waals surface area contributed by atoms with Gasteiger partial charge in [0.05, 0.1) is 0 Å². The second-order valence-electron chi connectivity index (χ2n) is 2.22. The van der Waals surface area contributed by atoms with Gasteiger partial charge in [-0.15, -0.1) is 0 Å². The molecule has 0 aromatic carbocycles. The van der Waals surface area contributed by atoms with Crippen LogP contribution in [0.2, 0.25) is 0 Å². The van der Waals surface area contributed by atoms with Crippen molar-refractivity contribution in [3.63, 3.8) is 0 Å². The third-order valence-electron chi connectivity index (χ3n) is 1.41. The molecule has 1 atom stereocenters. The van der Waals surface area contributed by atoms with Gasteiger partial charge in [0.25, 0.3) is 5.92 Å². The van der Waals surface area contributed by atoms with Gasteiger partial charge in [0.15, 0.2) is 0 Å². The maximum Gasteiger partial charge on any atom is 0.252 e. The van der Waals surface area contributed by atoms with Gasteiger partial charge in [0.2, 0.25) is 0 Å². The van der Waals surface area contributed by atoms with Crippen LogP contribution < -0.4 is 5.32 Å². The zero-order valence-corrected chi connectivity index (χ0v) is 4.75. The Kier molecular flexibility index (Phi) is 1.23. The second kappa shape index (κ2) is 1.65. The topological polar surface area (TPSA) is 12.0 Å². The fourth-order valence-corrected chi connectivity index (χ4v) is 0.737. The highest BCUT2D eigenvalue weighted by molar-refractivity contribution is 4.95. The average molecular weight is 121 g/mol. The summed E-state index contributed by atoms with van der Waals surface area (Å²) in [6, 6.07) is 0. The predicted molar refractivity (Wildman–Crippen MR) is 27.0 cm³/mol. The fourth-order valence-electron chi connectivity index (χ4n) is 0.737. The Hall–Kier alpha value is -0.180. The molecule has 0 heterocycles. The van der Waals surface area contributed by atoms with E-state index >= 15 is 0 Å². The van der Waals surface area contributed by atoms with Crippen molar-refractivity contribution in [3.05, 3.63) is 0 Å². The molecule has 1 aliphatic rings. The van der Waals surface area contributed by atoms with E-state index in [4.69, 9.17) is 0 Å². The van der Waals surface area contributed by atoms with Gasteiger partial charge in [-0.05, 0) is 7.05 Å². The largest absolute Gasteiger partial charge is 0.319 e. The summed E-state index contributed by atoms with van der Waals surface area (Å²) in [5.74, 6) is -2.73. The zero-order valence-electron chi connectivity index (χ0n) is 4.75. The first-order valence-corrected chi connectivity index (χ1v) is 2.69. The Bertz CT molecular complexity index is 92.4. The molecule has 1 nitrogen and oxygen atoms in total. The van der Waals surface area contributed by atoms with Gasteiger partial charge in [-0.25, -0.2) is 8.78 Å². The van der Waals surface area contributed by atoms with Crippen LogP contribution in [0.4, 0.5) is 8.78 Å². The molecule has 1 unspecified atom stereocenters. The Morgan fingerprint density at radius 1 is 1.75 bits per heavy atom. The molecule has 1 aliphatic carbocycles. The van der Waals surface area contributed by atoms with Gasteiger partial charge in [-0.3, -0.25) is 0 Å². The highest BCUT2D eigenvalue weighted by Gasteiger charge is 2.55. The summed E-state index contributed by atoms with van der Waals surface area (Å²) in [6.07, 6.45) is 0.0772. The minimum atomic E-state index is -2.34. The number of rotatable bonds is 2. The molecule has 3 heteroatoms. The average Bonchev–Trinajstić information content (AvgIpc) is 2.15. The molecular formula is C5H9F2N. The monoisotopic (exact) mass is 121 g/mol. The SMILES string of the molecule is CNCC1CC1(F)F. The van der Waals surface area contributed by atoms with Crippen molar-refractivity contribution in [2.45, 2.75) is 12.3 Å². The van der Waals surface area contributed by atoms with E-state index in [1.807, 2.05) is 0 Å². The number of halogens is 2. The lowest BCUT2D eigenvalue weighted by Crippen LogP contribution is -2.13. The highest BCUT2D eigenvalue weighted by Crippen LogP contribution is 2.47. The third kappa shape index (κ3) is 0.968. The summed E-state index contributed by atoms with van der Waals surface area (Å²) in [6.45, 7) is 0.451. The van der Waals surface area contributed by atoms with Crippen LogP contribution in [0.5, 0.6) is 0 Å². The molecule has 1 fully saturated rings. The molecule has 0 aromatic rings. The van der Waals surface area contributed by atoms with Gasteiger partial charge in [0.1, 0.15) is 0 Å².